The zero-order valence-corrected chi connectivity index (χ0v) is 11.6. The Balaban J connectivity index is 2.34. The molecule has 0 saturated carbocycles. The fourth-order valence-corrected chi connectivity index (χ4v) is 2.04. The molecule has 0 heterocycles. The van der Waals surface area contributed by atoms with Crippen LogP contribution in [0, 0.1) is 18.6 Å². The van der Waals surface area contributed by atoms with Gasteiger partial charge in [-0.05, 0) is 47.1 Å². The third-order valence-corrected chi connectivity index (χ3v) is 3.26. The lowest BCUT2D eigenvalue weighted by atomic mass is 10.1. The number of benzene rings is 2. The van der Waals surface area contributed by atoms with Gasteiger partial charge in [0.1, 0.15) is 17.3 Å². The minimum absolute atomic E-state index is 0.322. The van der Waals surface area contributed by atoms with E-state index < -0.39 is 23.2 Å². The first-order valence-electron chi connectivity index (χ1n) is 5.50. The molecule has 0 unspecified atom stereocenters. The van der Waals surface area contributed by atoms with E-state index in [9.17, 15) is 13.6 Å². The highest BCUT2D eigenvalue weighted by atomic mass is 79.9. The van der Waals surface area contributed by atoms with E-state index in [2.05, 4.69) is 21.2 Å². The van der Waals surface area contributed by atoms with Crippen molar-refractivity contribution in [2.24, 2.45) is 0 Å². The van der Waals surface area contributed by atoms with Crippen LogP contribution in [0.1, 0.15) is 15.9 Å². The highest BCUT2D eigenvalue weighted by Crippen LogP contribution is 2.22. The molecule has 0 bridgehead atoms. The van der Waals surface area contributed by atoms with Crippen LogP contribution in [-0.2, 0) is 0 Å². The number of carbonyl (C=O) groups is 1. The van der Waals surface area contributed by atoms with Gasteiger partial charge in [0.25, 0.3) is 5.91 Å². The van der Waals surface area contributed by atoms with Crippen molar-refractivity contribution in [2.75, 3.05) is 5.32 Å². The van der Waals surface area contributed by atoms with Gasteiger partial charge in [-0.15, -0.1) is 0 Å². The Bertz CT molecular complexity index is 623. The maximum absolute atomic E-state index is 13.4. The molecular formula is C14H10BrF2NO. The first-order chi connectivity index (χ1) is 8.99. The molecule has 0 aromatic heterocycles. The number of hydrogen-bond acceptors (Lipinski definition) is 1. The van der Waals surface area contributed by atoms with E-state index in [4.69, 9.17) is 0 Å². The average molecular weight is 326 g/mol. The molecule has 5 heteroatoms. The summed E-state index contributed by atoms with van der Waals surface area (Å²) in [6, 6.07) is 8.58. The standard InChI is InChI=1S/C14H10BrF2NO/c1-8-5-6-10(15)9(7-8)14(19)18-13-11(16)3-2-4-12(13)17/h2-7H,1H3,(H,18,19). The van der Waals surface area contributed by atoms with Crippen LogP contribution in [-0.4, -0.2) is 5.91 Å². The van der Waals surface area contributed by atoms with Crippen molar-refractivity contribution < 1.29 is 13.6 Å². The first kappa shape index (κ1) is 13.7. The third kappa shape index (κ3) is 2.98. The Morgan fingerprint density at radius 1 is 1.16 bits per heavy atom. The van der Waals surface area contributed by atoms with Gasteiger partial charge in [-0.3, -0.25) is 4.79 Å². The lowest BCUT2D eigenvalue weighted by molar-refractivity contribution is 0.102. The van der Waals surface area contributed by atoms with Gasteiger partial charge in [0.15, 0.2) is 0 Å². The number of hydrogen-bond donors (Lipinski definition) is 1. The quantitative estimate of drug-likeness (QED) is 0.876. The smallest absolute Gasteiger partial charge is 0.256 e. The molecule has 0 fully saturated rings. The van der Waals surface area contributed by atoms with Crippen LogP contribution in [0.4, 0.5) is 14.5 Å². The molecule has 2 rings (SSSR count). The van der Waals surface area contributed by atoms with Crippen molar-refractivity contribution in [3.8, 4) is 0 Å². The largest absolute Gasteiger partial charge is 0.317 e. The lowest BCUT2D eigenvalue weighted by Crippen LogP contribution is -2.15. The number of carbonyl (C=O) groups excluding carboxylic acids is 1. The fourth-order valence-electron chi connectivity index (χ4n) is 1.61. The number of para-hydroxylation sites is 1. The van der Waals surface area contributed by atoms with Gasteiger partial charge in [0, 0.05) is 4.47 Å². The monoisotopic (exact) mass is 325 g/mol. The van der Waals surface area contributed by atoms with Crippen LogP contribution in [0.3, 0.4) is 0 Å². The summed E-state index contributed by atoms with van der Waals surface area (Å²) in [5, 5.41) is 2.24. The number of nitrogens with one attached hydrogen (secondary N) is 1. The van der Waals surface area contributed by atoms with E-state index in [0.29, 0.717) is 10.0 Å². The van der Waals surface area contributed by atoms with Crippen LogP contribution >= 0.6 is 15.9 Å². The van der Waals surface area contributed by atoms with Crippen molar-refractivity contribution in [1.29, 1.82) is 0 Å². The highest BCUT2D eigenvalue weighted by molar-refractivity contribution is 9.10. The summed E-state index contributed by atoms with van der Waals surface area (Å²) < 4.78 is 27.4. The molecule has 19 heavy (non-hydrogen) atoms. The molecule has 0 aliphatic rings. The van der Waals surface area contributed by atoms with Gasteiger partial charge >= 0.3 is 0 Å². The molecule has 2 aromatic carbocycles. The summed E-state index contributed by atoms with van der Waals surface area (Å²) in [5.41, 5.74) is 0.755. The number of aryl methyl sites for hydroxylation is 1. The second-order valence-electron chi connectivity index (χ2n) is 4.03. The van der Waals surface area contributed by atoms with E-state index >= 15 is 0 Å². The van der Waals surface area contributed by atoms with Crippen molar-refractivity contribution in [1.82, 2.24) is 0 Å². The third-order valence-electron chi connectivity index (χ3n) is 2.57. The summed E-state index contributed by atoms with van der Waals surface area (Å²) >= 11 is 3.23. The molecule has 2 aromatic rings. The zero-order chi connectivity index (χ0) is 14.0. The molecule has 0 aliphatic carbocycles. The Morgan fingerprint density at radius 2 is 1.79 bits per heavy atom. The molecule has 2 nitrogen and oxygen atoms in total. The Kier molecular flexibility index (Phi) is 3.95. The number of amides is 1. The molecule has 0 spiro atoms. The van der Waals surface area contributed by atoms with E-state index in [0.717, 1.165) is 17.7 Å². The van der Waals surface area contributed by atoms with E-state index in [1.54, 1.807) is 12.1 Å². The topological polar surface area (TPSA) is 29.1 Å². The second kappa shape index (κ2) is 5.48. The van der Waals surface area contributed by atoms with Crippen molar-refractivity contribution in [3.05, 3.63) is 63.6 Å². The molecule has 98 valence electrons. The summed E-state index contributed by atoms with van der Waals surface area (Å²) in [6.45, 7) is 1.83. The number of anilines is 1. The maximum atomic E-state index is 13.4. The summed E-state index contributed by atoms with van der Waals surface area (Å²) in [5.74, 6) is -2.19. The van der Waals surface area contributed by atoms with Gasteiger partial charge < -0.3 is 5.32 Å². The summed E-state index contributed by atoms with van der Waals surface area (Å²) in [6.07, 6.45) is 0. The molecule has 0 aliphatic heterocycles. The Morgan fingerprint density at radius 3 is 2.42 bits per heavy atom. The minimum atomic E-state index is -0.808. The van der Waals surface area contributed by atoms with Crippen LogP contribution < -0.4 is 5.32 Å². The number of halogens is 3. The molecule has 1 amide bonds. The van der Waals surface area contributed by atoms with Crippen LogP contribution in [0.5, 0.6) is 0 Å². The predicted molar refractivity (Wildman–Crippen MR) is 73.2 cm³/mol. The lowest BCUT2D eigenvalue weighted by Gasteiger charge is -2.09. The maximum Gasteiger partial charge on any atom is 0.256 e. The Hall–Kier alpha value is -1.75. The van der Waals surface area contributed by atoms with Gasteiger partial charge in [0.05, 0.1) is 5.56 Å². The van der Waals surface area contributed by atoms with Gasteiger partial charge in [-0.1, -0.05) is 17.7 Å². The van der Waals surface area contributed by atoms with E-state index in [1.807, 2.05) is 13.0 Å². The van der Waals surface area contributed by atoms with Crippen LogP contribution in [0.25, 0.3) is 0 Å². The van der Waals surface area contributed by atoms with Crippen molar-refractivity contribution in [3.63, 3.8) is 0 Å². The SMILES string of the molecule is Cc1ccc(Br)c(C(=O)Nc2c(F)cccc2F)c1. The van der Waals surface area contributed by atoms with Gasteiger partial charge in [0.2, 0.25) is 0 Å². The number of rotatable bonds is 2. The second-order valence-corrected chi connectivity index (χ2v) is 4.89. The van der Waals surface area contributed by atoms with Gasteiger partial charge in [-0.2, -0.15) is 0 Å². The Labute approximate surface area is 117 Å². The van der Waals surface area contributed by atoms with Crippen molar-refractivity contribution >= 4 is 27.5 Å². The fraction of sp³-hybridized carbons (Fsp3) is 0.0714. The normalized spacial score (nSPS) is 10.3. The molecule has 0 radical (unpaired) electrons. The van der Waals surface area contributed by atoms with Crippen LogP contribution in [0.2, 0.25) is 0 Å². The van der Waals surface area contributed by atoms with Crippen LogP contribution in [0.15, 0.2) is 40.9 Å². The summed E-state index contributed by atoms with van der Waals surface area (Å²) in [4.78, 5) is 12.0. The molecule has 1 N–H and O–H groups in total. The highest BCUT2D eigenvalue weighted by Gasteiger charge is 2.15. The van der Waals surface area contributed by atoms with E-state index in [1.165, 1.54) is 6.07 Å². The zero-order valence-electron chi connectivity index (χ0n) is 10.0. The average Bonchev–Trinajstić information content (AvgIpc) is 2.37. The minimum Gasteiger partial charge on any atom is -0.317 e. The molecule has 0 saturated heterocycles. The van der Waals surface area contributed by atoms with E-state index in [-0.39, 0.29) is 0 Å². The summed E-state index contributed by atoms with van der Waals surface area (Å²) in [7, 11) is 0. The van der Waals surface area contributed by atoms with Gasteiger partial charge in [-0.25, -0.2) is 8.78 Å². The molecular weight excluding hydrogens is 316 g/mol. The first-order valence-corrected chi connectivity index (χ1v) is 6.30. The molecule has 0 atom stereocenters. The van der Waals surface area contributed by atoms with Crippen molar-refractivity contribution in [2.45, 2.75) is 6.92 Å². The predicted octanol–water partition coefficient (Wildman–Crippen LogP) is 4.29.